The molecule has 6 heteroatoms. The van der Waals surface area contributed by atoms with E-state index < -0.39 is 5.97 Å². The molecule has 0 spiro atoms. The van der Waals surface area contributed by atoms with Crippen molar-refractivity contribution in [1.82, 2.24) is 5.23 Å². The molecular weight excluding hydrogens is 178 g/mol. The lowest BCUT2D eigenvalue weighted by Crippen LogP contribution is -2.37. The summed E-state index contributed by atoms with van der Waals surface area (Å²) in [5.74, 6) is -1.06. The normalized spacial score (nSPS) is 17.3. The van der Waals surface area contributed by atoms with E-state index >= 15 is 0 Å². The lowest BCUT2D eigenvalue weighted by atomic mass is 10.3. The van der Waals surface area contributed by atoms with Crippen molar-refractivity contribution in [3.63, 3.8) is 0 Å². The first-order valence-corrected chi connectivity index (χ1v) is 4.01. The quantitative estimate of drug-likeness (QED) is 0.640. The highest BCUT2D eigenvalue weighted by molar-refractivity contribution is 5.77. The third kappa shape index (κ3) is 3.00. The molecule has 1 aliphatic heterocycles. The molecule has 0 aromatic carbocycles. The highest BCUT2D eigenvalue weighted by Gasteiger charge is 2.23. The van der Waals surface area contributed by atoms with Crippen LogP contribution in [0.3, 0.4) is 0 Å². The van der Waals surface area contributed by atoms with Gasteiger partial charge in [0.2, 0.25) is 0 Å². The second-order valence-electron chi connectivity index (χ2n) is 2.52. The molecule has 1 aliphatic rings. The molecule has 74 valence electrons. The van der Waals surface area contributed by atoms with Gasteiger partial charge in [-0.3, -0.25) is 4.79 Å². The maximum atomic E-state index is 11.0. The zero-order valence-electron chi connectivity index (χ0n) is 7.06. The van der Waals surface area contributed by atoms with E-state index in [0.29, 0.717) is 24.7 Å². The van der Waals surface area contributed by atoms with Gasteiger partial charge < -0.3 is 9.94 Å². The summed E-state index contributed by atoms with van der Waals surface area (Å²) in [7, 11) is 0. The number of rotatable bonds is 3. The van der Waals surface area contributed by atoms with Gasteiger partial charge in [0.25, 0.3) is 5.91 Å². The lowest BCUT2D eigenvalue weighted by Gasteiger charge is -2.23. The van der Waals surface area contributed by atoms with Crippen LogP contribution in [0.15, 0.2) is 0 Å². The van der Waals surface area contributed by atoms with E-state index in [-0.39, 0.29) is 18.9 Å². The highest BCUT2D eigenvalue weighted by atomic mass is 17.0. The summed E-state index contributed by atoms with van der Waals surface area (Å²) in [6.07, 6.45) is 0.798. The van der Waals surface area contributed by atoms with Crippen molar-refractivity contribution in [2.45, 2.75) is 19.3 Å². The number of carbonyl (C=O) groups is 2. The molecule has 0 atom stereocenters. The van der Waals surface area contributed by atoms with Gasteiger partial charge in [-0.2, -0.15) is 0 Å². The third-order valence-corrected chi connectivity index (χ3v) is 1.45. The topological polar surface area (TPSA) is 76.1 Å². The number of carbonyl (C=O) groups excluding carboxylic acids is 2. The molecule has 0 unspecified atom stereocenters. The van der Waals surface area contributed by atoms with Crippen LogP contribution in [0.2, 0.25) is 0 Å². The van der Waals surface area contributed by atoms with Gasteiger partial charge in [0, 0.05) is 6.42 Å². The number of amides is 1. The zero-order chi connectivity index (χ0) is 9.68. The van der Waals surface area contributed by atoms with Gasteiger partial charge >= 0.3 is 5.97 Å². The van der Waals surface area contributed by atoms with Crippen LogP contribution in [0.1, 0.15) is 19.3 Å². The minimum absolute atomic E-state index is 0.146. The van der Waals surface area contributed by atoms with Crippen LogP contribution in [0, 0.1) is 0 Å². The van der Waals surface area contributed by atoms with E-state index in [2.05, 4.69) is 4.84 Å². The van der Waals surface area contributed by atoms with Crippen molar-refractivity contribution < 1.29 is 24.4 Å². The summed E-state index contributed by atoms with van der Waals surface area (Å²) in [4.78, 5) is 31.1. The van der Waals surface area contributed by atoms with Crippen LogP contribution in [0.25, 0.3) is 0 Å². The molecule has 6 nitrogen and oxygen atoms in total. The van der Waals surface area contributed by atoms with Gasteiger partial charge in [0.15, 0.2) is 0 Å². The minimum Gasteiger partial charge on any atom is -0.396 e. The van der Waals surface area contributed by atoms with E-state index in [1.54, 1.807) is 0 Å². The smallest absolute Gasteiger partial charge is 0.337 e. The number of hydrogen-bond donors (Lipinski definition) is 1. The van der Waals surface area contributed by atoms with Crippen LogP contribution < -0.4 is 0 Å². The number of hydroxylamine groups is 2. The van der Waals surface area contributed by atoms with Crippen molar-refractivity contribution in [3.8, 4) is 0 Å². The van der Waals surface area contributed by atoms with Gasteiger partial charge in [-0.15, -0.1) is 0 Å². The maximum absolute atomic E-state index is 11.0. The van der Waals surface area contributed by atoms with E-state index in [1.165, 1.54) is 0 Å². The third-order valence-electron chi connectivity index (χ3n) is 1.45. The molecule has 0 aliphatic carbocycles. The monoisotopic (exact) mass is 189 g/mol. The Bertz CT molecular complexity index is 205. The summed E-state index contributed by atoms with van der Waals surface area (Å²) in [5.41, 5.74) is 0. The molecule has 1 amide bonds. The second kappa shape index (κ2) is 4.78. The molecule has 0 aromatic rings. The zero-order valence-corrected chi connectivity index (χ0v) is 7.06. The van der Waals surface area contributed by atoms with Gasteiger partial charge in [-0.05, 0) is 11.6 Å². The molecule has 0 aromatic heterocycles. The Morgan fingerprint density at radius 3 is 3.08 bits per heavy atom. The molecule has 1 rings (SSSR count). The number of aliphatic hydroxyl groups excluding tert-OH is 1. The van der Waals surface area contributed by atoms with Crippen molar-refractivity contribution in [2.75, 3.05) is 13.2 Å². The first-order chi connectivity index (χ1) is 6.24. The summed E-state index contributed by atoms with van der Waals surface area (Å²) >= 11 is 0. The Balaban J connectivity index is 2.33. The van der Waals surface area contributed by atoms with Crippen LogP contribution in [-0.2, 0) is 19.3 Å². The molecule has 1 saturated heterocycles. The average Bonchev–Trinajstić information content (AvgIpc) is 2.09. The fourth-order valence-electron chi connectivity index (χ4n) is 0.841. The van der Waals surface area contributed by atoms with Crippen LogP contribution in [-0.4, -0.2) is 35.4 Å². The molecule has 1 N–H and O–H groups in total. The van der Waals surface area contributed by atoms with Gasteiger partial charge in [-0.1, -0.05) is 0 Å². The predicted molar refractivity (Wildman–Crippen MR) is 39.8 cm³/mol. The minimum atomic E-state index is -0.683. The van der Waals surface area contributed by atoms with Crippen molar-refractivity contribution in [1.29, 1.82) is 0 Å². The van der Waals surface area contributed by atoms with Crippen molar-refractivity contribution in [3.05, 3.63) is 0 Å². The Hall–Kier alpha value is -1.14. The number of nitrogens with zero attached hydrogens (tertiary/aromatic N) is 1. The fraction of sp³-hybridized carbons (Fsp3) is 0.714. The summed E-state index contributed by atoms with van der Waals surface area (Å²) in [6, 6.07) is 0. The van der Waals surface area contributed by atoms with E-state index in [9.17, 15) is 9.59 Å². The van der Waals surface area contributed by atoms with E-state index in [1.807, 2.05) is 0 Å². The van der Waals surface area contributed by atoms with Crippen LogP contribution in [0.4, 0.5) is 0 Å². The first-order valence-electron chi connectivity index (χ1n) is 4.01. The van der Waals surface area contributed by atoms with Gasteiger partial charge in [0.1, 0.15) is 0 Å². The largest absolute Gasteiger partial charge is 0.396 e. The first kappa shape index (κ1) is 9.94. The SMILES string of the molecule is O=C(CCO)ON1OCCCC1=O. The summed E-state index contributed by atoms with van der Waals surface area (Å²) in [6.45, 7) is 0.0546. The second-order valence-corrected chi connectivity index (χ2v) is 2.52. The molecule has 13 heavy (non-hydrogen) atoms. The Kier molecular flexibility index (Phi) is 3.66. The number of aliphatic hydroxyl groups is 1. The van der Waals surface area contributed by atoms with Gasteiger partial charge in [0.05, 0.1) is 19.6 Å². The van der Waals surface area contributed by atoms with Crippen molar-refractivity contribution >= 4 is 11.9 Å². The molecule has 1 fully saturated rings. The van der Waals surface area contributed by atoms with Gasteiger partial charge in [-0.25, -0.2) is 9.63 Å². The molecule has 0 bridgehead atoms. The molecular formula is C7H11NO5. The fourth-order valence-corrected chi connectivity index (χ4v) is 0.841. The Morgan fingerprint density at radius 2 is 2.46 bits per heavy atom. The number of hydrogen-bond acceptors (Lipinski definition) is 5. The Labute approximate surface area is 74.9 Å². The highest BCUT2D eigenvalue weighted by Crippen LogP contribution is 2.08. The molecule has 1 heterocycles. The summed E-state index contributed by atoms with van der Waals surface area (Å²) in [5, 5.41) is 8.97. The standard InChI is InChI=1S/C7H11NO5/c9-4-3-7(11)13-8-6(10)2-1-5-12-8/h9H,1-5H2. The molecule has 0 saturated carbocycles. The van der Waals surface area contributed by atoms with Crippen LogP contribution in [0.5, 0.6) is 0 Å². The Morgan fingerprint density at radius 1 is 1.69 bits per heavy atom. The van der Waals surface area contributed by atoms with Crippen molar-refractivity contribution in [2.24, 2.45) is 0 Å². The van der Waals surface area contributed by atoms with Crippen LogP contribution >= 0.6 is 0 Å². The predicted octanol–water partition coefficient (Wildman–Crippen LogP) is -0.619. The summed E-state index contributed by atoms with van der Waals surface area (Å²) < 4.78 is 0. The average molecular weight is 189 g/mol. The van der Waals surface area contributed by atoms with E-state index in [0.717, 1.165) is 0 Å². The lowest BCUT2D eigenvalue weighted by molar-refractivity contribution is -0.331. The van der Waals surface area contributed by atoms with E-state index in [4.69, 9.17) is 9.94 Å². The molecule has 0 radical (unpaired) electrons. The maximum Gasteiger partial charge on any atom is 0.337 e.